The van der Waals surface area contributed by atoms with Crippen LogP contribution in [0.5, 0.6) is 0 Å². The average Bonchev–Trinajstić information content (AvgIpc) is 3.06. The van der Waals surface area contributed by atoms with Gasteiger partial charge in [-0.15, -0.1) is 13.2 Å². The Morgan fingerprint density at radius 1 is 0.808 bits per heavy atom. The number of ether oxygens (including phenoxy) is 4. The molecular weight excluding hydrogens is 340 g/mol. The molecule has 0 spiro atoms. The van der Waals surface area contributed by atoms with Crippen molar-refractivity contribution in [1.82, 2.24) is 10.6 Å². The third-order valence-corrected chi connectivity index (χ3v) is 3.94. The summed E-state index contributed by atoms with van der Waals surface area (Å²) in [5.74, 6) is -2.73. The Kier molecular flexibility index (Phi) is 6.23. The van der Waals surface area contributed by atoms with Crippen molar-refractivity contribution in [2.24, 2.45) is 0 Å². The van der Waals surface area contributed by atoms with Gasteiger partial charge in [0.15, 0.2) is 23.8 Å². The maximum Gasteiger partial charge on any atom is 0.252 e. The summed E-state index contributed by atoms with van der Waals surface area (Å²) < 4.78 is 23.3. The maximum absolute atomic E-state index is 12.5. The van der Waals surface area contributed by atoms with Crippen LogP contribution in [0, 0.1) is 0 Å². The van der Waals surface area contributed by atoms with Crippen LogP contribution in [-0.2, 0) is 28.5 Å². The highest BCUT2D eigenvalue weighted by atomic mass is 16.8. The predicted molar refractivity (Wildman–Crippen MR) is 94.1 cm³/mol. The predicted octanol–water partition coefficient (Wildman–Crippen LogP) is 0.631. The summed E-state index contributed by atoms with van der Waals surface area (Å²) in [5.41, 5.74) is 0. The first-order valence-electron chi connectivity index (χ1n) is 8.59. The molecular formula is C18H28N2O6. The third-order valence-electron chi connectivity index (χ3n) is 3.94. The van der Waals surface area contributed by atoms with Crippen LogP contribution >= 0.6 is 0 Å². The van der Waals surface area contributed by atoms with Crippen LogP contribution in [0.4, 0.5) is 0 Å². The molecule has 0 aliphatic carbocycles. The van der Waals surface area contributed by atoms with Gasteiger partial charge < -0.3 is 29.6 Å². The fraction of sp³-hybridized carbons (Fsp3) is 0.667. The fourth-order valence-electron chi connectivity index (χ4n) is 3.01. The number of carbonyl (C=O) groups excluding carboxylic acids is 2. The highest BCUT2D eigenvalue weighted by Gasteiger charge is 2.57. The normalized spacial score (nSPS) is 32.0. The second-order valence-corrected chi connectivity index (χ2v) is 7.11. The first-order valence-corrected chi connectivity index (χ1v) is 8.59. The number of rotatable bonds is 7. The molecule has 2 amide bonds. The summed E-state index contributed by atoms with van der Waals surface area (Å²) in [5, 5.41) is 5.38. The molecule has 0 aromatic rings. The molecule has 8 heteroatoms. The minimum absolute atomic E-state index is 0.294. The van der Waals surface area contributed by atoms with Crippen molar-refractivity contribution in [3.8, 4) is 0 Å². The van der Waals surface area contributed by atoms with Gasteiger partial charge in [0.1, 0.15) is 12.2 Å². The van der Waals surface area contributed by atoms with E-state index in [1.807, 2.05) is 0 Å². The molecule has 0 bridgehead atoms. The van der Waals surface area contributed by atoms with E-state index in [9.17, 15) is 9.59 Å². The van der Waals surface area contributed by atoms with E-state index in [0.29, 0.717) is 13.1 Å². The van der Waals surface area contributed by atoms with Gasteiger partial charge in [-0.05, 0) is 27.7 Å². The third kappa shape index (κ3) is 4.70. The van der Waals surface area contributed by atoms with Crippen LogP contribution in [0.25, 0.3) is 0 Å². The van der Waals surface area contributed by atoms with Gasteiger partial charge in [-0.3, -0.25) is 9.59 Å². The molecule has 2 rings (SSSR count). The first kappa shape index (κ1) is 20.6. The molecule has 26 heavy (non-hydrogen) atoms. The molecule has 2 aliphatic rings. The van der Waals surface area contributed by atoms with E-state index in [4.69, 9.17) is 18.9 Å². The van der Waals surface area contributed by atoms with Crippen LogP contribution in [0.15, 0.2) is 25.3 Å². The van der Waals surface area contributed by atoms with E-state index in [0.717, 1.165) is 0 Å². The Labute approximate surface area is 153 Å². The number of hydrogen-bond acceptors (Lipinski definition) is 6. The van der Waals surface area contributed by atoms with Crippen molar-refractivity contribution in [3.05, 3.63) is 25.3 Å². The van der Waals surface area contributed by atoms with Gasteiger partial charge in [-0.2, -0.15) is 0 Å². The first-order chi connectivity index (χ1) is 12.1. The Balaban J connectivity index is 2.24. The number of hydrogen-bond donors (Lipinski definition) is 2. The lowest BCUT2D eigenvalue weighted by Crippen LogP contribution is -2.52. The molecule has 2 N–H and O–H groups in total. The molecule has 2 saturated heterocycles. The highest BCUT2D eigenvalue weighted by Crippen LogP contribution is 2.38. The van der Waals surface area contributed by atoms with E-state index in [2.05, 4.69) is 23.8 Å². The van der Waals surface area contributed by atoms with Crippen molar-refractivity contribution in [2.45, 2.75) is 63.7 Å². The molecule has 2 unspecified atom stereocenters. The van der Waals surface area contributed by atoms with E-state index in [-0.39, 0.29) is 11.8 Å². The number of nitrogens with one attached hydrogen (secondary N) is 2. The lowest BCUT2D eigenvalue weighted by molar-refractivity contribution is -0.175. The second-order valence-electron chi connectivity index (χ2n) is 7.11. The molecule has 0 saturated carbocycles. The Hall–Kier alpha value is -1.74. The molecule has 4 atom stereocenters. The van der Waals surface area contributed by atoms with Gasteiger partial charge in [0.2, 0.25) is 0 Å². The number of amides is 2. The minimum Gasteiger partial charge on any atom is -0.350 e. The van der Waals surface area contributed by atoms with Crippen LogP contribution in [0.2, 0.25) is 0 Å². The topological polar surface area (TPSA) is 95.1 Å². The van der Waals surface area contributed by atoms with E-state index >= 15 is 0 Å². The van der Waals surface area contributed by atoms with Gasteiger partial charge >= 0.3 is 0 Å². The molecule has 0 aromatic carbocycles. The maximum atomic E-state index is 12.5. The van der Waals surface area contributed by atoms with Gasteiger partial charge in [-0.25, -0.2) is 0 Å². The van der Waals surface area contributed by atoms with E-state index < -0.39 is 36.0 Å². The molecule has 2 aliphatic heterocycles. The van der Waals surface area contributed by atoms with Crippen LogP contribution in [-0.4, -0.2) is 60.9 Å². The largest absolute Gasteiger partial charge is 0.350 e. The summed E-state index contributed by atoms with van der Waals surface area (Å²) in [4.78, 5) is 25.0. The minimum atomic E-state index is -1.00. The monoisotopic (exact) mass is 368 g/mol. The zero-order chi connectivity index (χ0) is 19.5. The van der Waals surface area contributed by atoms with Crippen molar-refractivity contribution in [2.75, 3.05) is 13.1 Å². The molecule has 0 aromatic heterocycles. The van der Waals surface area contributed by atoms with E-state index in [1.165, 1.54) is 0 Å². The molecule has 146 valence electrons. The van der Waals surface area contributed by atoms with Gasteiger partial charge in [-0.1, -0.05) is 12.2 Å². The van der Waals surface area contributed by atoms with Crippen molar-refractivity contribution in [1.29, 1.82) is 0 Å². The summed E-state index contributed by atoms with van der Waals surface area (Å²) in [7, 11) is 0. The Bertz CT molecular complexity index is 524. The average molecular weight is 368 g/mol. The van der Waals surface area contributed by atoms with Crippen molar-refractivity contribution in [3.63, 3.8) is 0 Å². The lowest BCUT2D eigenvalue weighted by atomic mass is 10.0. The summed E-state index contributed by atoms with van der Waals surface area (Å²) in [6, 6.07) is 0. The van der Waals surface area contributed by atoms with Crippen molar-refractivity contribution >= 4 is 11.8 Å². The van der Waals surface area contributed by atoms with Gasteiger partial charge in [0, 0.05) is 13.1 Å². The summed E-state index contributed by atoms with van der Waals surface area (Å²) in [6.45, 7) is 14.5. The van der Waals surface area contributed by atoms with Crippen LogP contribution in [0.3, 0.4) is 0 Å². The lowest BCUT2D eigenvalue weighted by Gasteiger charge is -2.25. The quantitative estimate of drug-likeness (QED) is 0.640. The van der Waals surface area contributed by atoms with Gasteiger partial charge in [0.05, 0.1) is 0 Å². The van der Waals surface area contributed by atoms with Crippen LogP contribution < -0.4 is 10.6 Å². The second kappa shape index (κ2) is 7.87. The zero-order valence-corrected chi connectivity index (χ0v) is 15.7. The Morgan fingerprint density at radius 2 is 1.15 bits per heavy atom. The zero-order valence-electron chi connectivity index (χ0n) is 15.7. The standard InChI is InChI=1S/C18H28N2O6/c1-7-9-19-15(21)13-11(23-17(3,4)25-13)12-14(16(22)20-10-8-2)26-18(5,6)24-12/h7-8,11-14H,1-2,9-10H2,3-6H3,(H,19,21)(H,20,22)/t11-,12?,13?,14-/m0/s1. The number of carbonyl (C=O) groups is 2. The molecule has 0 radical (unpaired) electrons. The summed E-state index contributed by atoms with van der Waals surface area (Å²) in [6.07, 6.45) is -0.369. The van der Waals surface area contributed by atoms with Gasteiger partial charge in [0.25, 0.3) is 11.8 Å². The molecule has 8 nitrogen and oxygen atoms in total. The molecule has 2 fully saturated rings. The smallest absolute Gasteiger partial charge is 0.252 e. The Morgan fingerprint density at radius 3 is 1.46 bits per heavy atom. The van der Waals surface area contributed by atoms with Crippen LogP contribution in [0.1, 0.15) is 27.7 Å². The fourth-order valence-corrected chi connectivity index (χ4v) is 3.01. The molecule has 2 heterocycles. The van der Waals surface area contributed by atoms with E-state index in [1.54, 1.807) is 39.8 Å². The highest BCUT2D eigenvalue weighted by molar-refractivity contribution is 5.84. The summed E-state index contributed by atoms with van der Waals surface area (Å²) >= 11 is 0. The SMILES string of the molecule is C=CCNC(=O)C1OC(C)(C)O[C@H]1C1OC(C)(C)O[C@@H]1C(=O)NCC=C. The van der Waals surface area contributed by atoms with Crippen molar-refractivity contribution < 1.29 is 28.5 Å².